The highest BCUT2D eigenvalue weighted by Crippen LogP contribution is 2.17. The fraction of sp³-hybridized carbons (Fsp3) is 0.381. The predicted octanol–water partition coefficient (Wildman–Crippen LogP) is 3.35. The Balaban J connectivity index is 1.76. The van der Waals surface area contributed by atoms with Gasteiger partial charge < -0.3 is 24.3 Å². The van der Waals surface area contributed by atoms with Crippen LogP contribution in [0, 0.1) is 0 Å². The van der Waals surface area contributed by atoms with Crippen LogP contribution < -0.4 is 14.8 Å². The normalized spacial score (nSPS) is 10.8. The van der Waals surface area contributed by atoms with Gasteiger partial charge in [-0.25, -0.2) is 14.6 Å². The van der Waals surface area contributed by atoms with Gasteiger partial charge >= 0.3 is 12.1 Å². The maximum absolute atomic E-state index is 11.7. The fourth-order valence-electron chi connectivity index (χ4n) is 2.26. The highest BCUT2D eigenvalue weighted by Gasteiger charge is 2.16. The topological polar surface area (TPSA) is 96.0 Å². The summed E-state index contributed by atoms with van der Waals surface area (Å²) in [5.74, 6) is 0.442. The van der Waals surface area contributed by atoms with Gasteiger partial charge in [0.15, 0.2) is 11.4 Å². The summed E-state index contributed by atoms with van der Waals surface area (Å²) in [7, 11) is 1.29. The Kier molecular flexibility index (Phi) is 7.82. The lowest BCUT2D eigenvalue weighted by Crippen LogP contribution is -2.32. The van der Waals surface area contributed by atoms with E-state index in [4.69, 9.17) is 14.2 Å². The largest absolute Gasteiger partial charge is 0.490 e. The minimum absolute atomic E-state index is 0.122. The molecule has 8 nitrogen and oxygen atoms in total. The molecule has 0 radical (unpaired) electrons. The number of nitrogens with zero attached hydrogens (tertiary/aromatic N) is 1. The maximum Gasteiger partial charge on any atom is 0.407 e. The molecule has 0 aliphatic carbocycles. The molecule has 1 amide bonds. The zero-order chi connectivity index (χ0) is 21.3. The van der Waals surface area contributed by atoms with E-state index in [-0.39, 0.29) is 18.9 Å². The number of alkyl carbamates (subject to hydrolysis) is 1. The van der Waals surface area contributed by atoms with Gasteiger partial charge in [-0.1, -0.05) is 12.1 Å². The van der Waals surface area contributed by atoms with Crippen molar-refractivity contribution in [2.45, 2.75) is 32.9 Å². The van der Waals surface area contributed by atoms with E-state index in [9.17, 15) is 9.59 Å². The first-order valence-corrected chi connectivity index (χ1v) is 9.13. The molecule has 0 aliphatic rings. The molecule has 2 aromatic rings. The number of aromatic nitrogens is 1. The number of pyridine rings is 1. The van der Waals surface area contributed by atoms with E-state index in [0.717, 1.165) is 5.56 Å². The third kappa shape index (κ3) is 7.69. The Labute approximate surface area is 170 Å². The molecule has 0 aliphatic heterocycles. The summed E-state index contributed by atoms with van der Waals surface area (Å²) >= 11 is 0. The molecule has 0 saturated carbocycles. The number of amides is 1. The van der Waals surface area contributed by atoms with Gasteiger partial charge in [0, 0.05) is 12.7 Å². The number of hydrogen-bond donors (Lipinski definition) is 1. The minimum atomic E-state index is -0.558. The molecule has 2 rings (SSSR count). The SMILES string of the molecule is COC(=O)c1ncccc1OCCOc1ccc(CNC(=O)OC(C)(C)C)cc1. The standard InChI is InChI=1S/C21H26N2O6/c1-21(2,3)29-20(25)23-14-15-7-9-16(10-8-15)27-12-13-28-17-6-5-11-22-18(17)19(24)26-4/h5-11H,12-14H2,1-4H3,(H,23,25). The molecule has 156 valence electrons. The second-order valence-electron chi connectivity index (χ2n) is 7.04. The van der Waals surface area contributed by atoms with Crippen molar-refractivity contribution in [3.05, 3.63) is 53.9 Å². The van der Waals surface area contributed by atoms with Crippen molar-refractivity contribution in [2.75, 3.05) is 20.3 Å². The number of esters is 1. The summed E-state index contributed by atoms with van der Waals surface area (Å²) in [5.41, 5.74) is 0.506. The lowest BCUT2D eigenvalue weighted by molar-refractivity contribution is 0.0522. The first kappa shape index (κ1) is 22.0. The van der Waals surface area contributed by atoms with Gasteiger partial charge in [-0.05, 0) is 50.6 Å². The number of nitrogens with one attached hydrogen (secondary N) is 1. The molecule has 0 unspecified atom stereocenters. The minimum Gasteiger partial charge on any atom is -0.490 e. The van der Waals surface area contributed by atoms with Crippen molar-refractivity contribution in [3.63, 3.8) is 0 Å². The summed E-state index contributed by atoms with van der Waals surface area (Å²) in [6.45, 7) is 6.31. The molecule has 0 spiro atoms. The second-order valence-corrected chi connectivity index (χ2v) is 7.04. The zero-order valence-corrected chi connectivity index (χ0v) is 17.1. The van der Waals surface area contributed by atoms with Gasteiger partial charge in [0.1, 0.15) is 24.6 Å². The van der Waals surface area contributed by atoms with Crippen LogP contribution in [0.3, 0.4) is 0 Å². The summed E-state index contributed by atoms with van der Waals surface area (Å²) in [5, 5.41) is 2.70. The van der Waals surface area contributed by atoms with Crippen LogP contribution in [0.2, 0.25) is 0 Å². The number of carbonyl (C=O) groups excluding carboxylic acids is 2. The number of ether oxygens (including phenoxy) is 4. The molecule has 1 N–H and O–H groups in total. The number of hydrogen-bond acceptors (Lipinski definition) is 7. The Morgan fingerprint density at radius 2 is 1.72 bits per heavy atom. The van der Waals surface area contributed by atoms with E-state index in [1.807, 2.05) is 32.9 Å². The van der Waals surface area contributed by atoms with Crippen LogP contribution >= 0.6 is 0 Å². The van der Waals surface area contributed by atoms with Crippen LogP contribution in [0.1, 0.15) is 36.8 Å². The first-order chi connectivity index (χ1) is 13.8. The molecule has 0 saturated heterocycles. The average Bonchev–Trinajstić information content (AvgIpc) is 2.69. The smallest absolute Gasteiger partial charge is 0.407 e. The summed E-state index contributed by atoms with van der Waals surface area (Å²) < 4.78 is 21.1. The molecule has 0 fully saturated rings. The van der Waals surface area contributed by atoms with Crippen LogP contribution in [0.5, 0.6) is 11.5 Å². The molecule has 29 heavy (non-hydrogen) atoms. The summed E-state index contributed by atoms with van der Waals surface area (Å²) in [4.78, 5) is 27.3. The number of carbonyl (C=O) groups is 2. The average molecular weight is 402 g/mol. The van der Waals surface area contributed by atoms with Crippen LogP contribution in [0.15, 0.2) is 42.6 Å². The Bertz CT molecular complexity index is 815. The van der Waals surface area contributed by atoms with Crippen LogP contribution in [-0.4, -0.2) is 43.0 Å². The number of benzene rings is 1. The van der Waals surface area contributed by atoms with Gasteiger partial charge in [-0.2, -0.15) is 0 Å². The quantitative estimate of drug-likeness (QED) is 0.534. The summed E-state index contributed by atoms with van der Waals surface area (Å²) in [6.07, 6.45) is 1.03. The Morgan fingerprint density at radius 3 is 2.38 bits per heavy atom. The maximum atomic E-state index is 11.7. The Hall–Kier alpha value is -3.29. The fourth-order valence-corrected chi connectivity index (χ4v) is 2.26. The van der Waals surface area contributed by atoms with E-state index in [1.54, 1.807) is 24.3 Å². The van der Waals surface area contributed by atoms with Crippen molar-refractivity contribution in [1.82, 2.24) is 10.3 Å². The second kappa shape index (κ2) is 10.3. The van der Waals surface area contributed by atoms with Crippen molar-refractivity contribution < 1.29 is 28.5 Å². The number of rotatable bonds is 8. The van der Waals surface area contributed by atoms with Crippen LogP contribution in [0.25, 0.3) is 0 Å². The zero-order valence-electron chi connectivity index (χ0n) is 17.1. The van der Waals surface area contributed by atoms with E-state index in [0.29, 0.717) is 18.0 Å². The molecule has 1 aromatic carbocycles. The monoisotopic (exact) mass is 402 g/mol. The molecule has 8 heteroatoms. The third-order valence-corrected chi connectivity index (χ3v) is 3.52. The predicted molar refractivity (Wildman–Crippen MR) is 106 cm³/mol. The molecular weight excluding hydrogens is 376 g/mol. The molecule has 0 bridgehead atoms. The van der Waals surface area contributed by atoms with Crippen molar-refractivity contribution in [2.24, 2.45) is 0 Å². The molecular formula is C21H26N2O6. The van der Waals surface area contributed by atoms with E-state index in [2.05, 4.69) is 15.0 Å². The lowest BCUT2D eigenvalue weighted by atomic mass is 10.2. The van der Waals surface area contributed by atoms with Gasteiger partial charge in [-0.3, -0.25) is 0 Å². The van der Waals surface area contributed by atoms with Gasteiger partial charge in [0.05, 0.1) is 7.11 Å². The first-order valence-electron chi connectivity index (χ1n) is 9.13. The highest BCUT2D eigenvalue weighted by atomic mass is 16.6. The summed E-state index contributed by atoms with van der Waals surface area (Å²) in [6, 6.07) is 10.6. The van der Waals surface area contributed by atoms with Gasteiger partial charge in [-0.15, -0.1) is 0 Å². The molecule has 1 aromatic heterocycles. The molecule has 1 heterocycles. The van der Waals surface area contributed by atoms with E-state index >= 15 is 0 Å². The van der Waals surface area contributed by atoms with Crippen LogP contribution in [0.4, 0.5) is 4.79 Å². The van der Waals surface area contributed by atoms with Gasteiger partial charge in [0.25, 0.3) is 0 Å². The third-order valence-electron chi connectivity index (χ3n) is 3.52. The van der Waals surface area contributed by atoms with Crippen molar-refractivity contribution in [1.29, 1.82) is 0 Å². The van der Waals surface area contributed by atoms with Crippen molar-refractivity contribution in [3.8, 4) is 11.5 Å². The highest BCUT2D eigenvalue weighted by molar-refractivity contribution is 5.90. The number of methoxy groups -OCH3 is 1. The van der Waals surface area contributed by atoms with Gasteiger partial charge in [0.2, 0.25) is 0 Å². The van der Waals surface area contributed by atoms with Crippen LogP contribution in [-0.2, 0) is 16.0 Å². The van der Waals surface area contributed by atoms with E-state index in [1.165, 1.54) is 13.3 Å². The molecule has 0 atom stereocenters. The van der Waals surface area contributed by atoms with E-state index < -0.39 is 17.7 Å². The van der Waals surface area contributed by atoms with Crippen molar-refractivity contribution >= 4 is 12.1 Å². The lowest BCUT2D eigenvalue weighted by Gasteiger charge is -2.19. The Morgan fingerprint density at radius 1 is 1.03 bits per heavy atom.